The number of hydrogen-bond acceptors (Lipinski definition) is 3. The van der Waals surface area contributed by atoms with Crippen LogP contribution in [-0.4, -0.2) is 19.4 Å². The van der Waals surface area contributed by atoms with E-state index in [9.17, 15) is 8.42 Å². The lowest BCUT2D eigenvalue weighted by Gasteiger charge is -2.28. The second-order valence-corrected chi connectivity index (χ2v) is 10.4. The molecule has 0 bridgehead atoms. The zero-order chi connectivity index (χ0) is 12.7. The van der Waals surface area contributed by atoms with Crippen LogP contribution in [0.5, 0.6) is 0 Å². The first kappa shape index (κ1) is 14.7. The van der Waals surface area contributed by atoms with E-state index in [-0.39, 0.29) is 4.83 Å². The van der Waals surface area contributed by atoms with Gasteiger partial charge in [-0.3, -0.25) is 0 Å². The average Bonchev–Trinajstić information content (AvgIpc) is 2.41. The Hall–Kier alpha value is 0.610. The highest BCUT2D eigenvalue weighted by Gasteiger charge is 2.39. The molecule has 0 aliphatic rings. The number of halogens is 2. The predicted octanol–water partition coefficient (Wildman–Crippen LogP) is 4.08. The van der Waals surface area contributed by atoms with E-state index in [0.29, 0.717) is 0 Å². The number of alkyl halides is 1. The van der Waals surface area contributed by atoms with Gasteiger partial charge in [0.05, 0.1) is 13.4 Å². The maximum atomic E-state index is 11.7. The quantitative estimate of drug-likeness (QED) is 0.730. The standard InChI is InChI=1S/C10H14Br2O2S2/c1-6-7(5-8(11)15-6)9(12)10(2,3)16(4,13)14/h5,9H,1-4H3. The largest absolute Gasteiger partial charge is 0.229 e. The van der Waals surface area contributed by atoms with E-state index in [4.69, 9.17) is 0 Å². The lowest BCUT2D eigenvalue weighted by Crippen LogP contribution is -2.35. The van der Waals surface area contributed by atoms with Gasteiger partial charge in [0.2, 0.25) is 0 Å². The Kier molecular flexibility index (Phi) is 4.31. The molecule has 6 heteroatoms. The molecule has 1 rings (SSSR count). The number of rotatable bonds is 3. The summed E-state index contributed by atoms with van der Waals surface area (Å²) in [5, 5.41) is 0. The van der Waals surface area contributed by atoms with Gasteiger partial charge in [-0.25, -0.2) is 8.42 Å². The van der Waals surface area contributed by atoms with E-state index >= 15 is 0 Å². The van der Waals surface area contributed by atoms with Crippen molar-refractivity contribution in [2.45, 2.75) is 30.3 Å². The molecule has 1 atom stereocenters. The summed E-state index contributed by atoms with van der Waals surface area (Å²) < 4.78 is 23.7. The molecular weight excluding hydrogens is 376 g/mol. The smallest absolute Gasteiger partial charge is 0.154 e. The zero-order valence-electron chi connectivity index (χ0n) is 9.54. The van der Waals surface area contributed by atoms with Crippen LogP contribution in [-0.2, 0) is 9.84 Å². The van der Waals surface area contributed by atoms with E-state index in [0.717, 1.165) is 14.2 Å². The lowest BCUT2D eigenvalue weighted by atomic mass is 10.0. The highest BCUT2D eigenvalue weighted by molar-refractivity contribution is 9.11. The number of sulfone groups is 1. The Labute approximate surface area is 118 Å². The summed E-state index contributed by atoms with van der Waals surface area (Å²) in [6, 6.07) is 1.98. The monoisotopic (exact) mass is 388 g/mol. The van der Waals surface area contributed by atoms with Crippen LogP contribution in [0.3, 0.4) is 0 Å². The van der Waals surface area contributed by atoms with E-state index in [1.165, 1.54) is 6.26 Å². The summed E-state index contributed by atoms with van der Waals surface area (Å²) in [6.45, 7) is 5.48. The van der Waals surface area contributed by atoms with Crippen LogP contribution in [0.15, 0.2) is 9.85 Å². The lowest BCUT2D eigenvalue weighted by molar-refractivity contribution is 0.548. The Balaban J connectivity index is 3.22. The molecule has 0 amide bonds. The van der Waals surface area contributed by atoms with Crippen LogP contribution in [0.25, 0.3) is 0 Å². The fraction of sp³-hybridized carbons (Fsp3) is 0.600. The van der Waals surface area contributed by atoms with E-state index < -0.39 is 14.6 Å². The van der Waals surface area contributed by atoms with Crippen molar-refractivity contribution in [2.24, 2.45) is 0 Å². The van der Waals surface area contributed by atoms with Gasteiger partial charge in [-0.2, -0.15) is 0 Å². The van der Waals surface area contributed by atoms with Gasteiger partial charge in [-0.1, -0.05) is 15.9 Å². The topological polar surface area (TPSA) is 34.1 Å². The molecule has 16 heavy (non-hydrogen) atoms. The van der Waals surface area contributed by atoms with Crippen LogP contribution in [0, 0.1) is 6.92 Å². The Morgan fingerprint density at radius 3 is 2.25 bits per heavy atom. The van der Waals surface area contributed by atoms with Crippen molar-refractivity contribution in [3.8, 4) is 0 Å². The summed E-state index contributed by atoms with van der Waals surface area (Å²) in [5.41, 5.74) is 1.03. The van der Waals surface area contributed by atoms with Gasteiger partial charge < -0.3 is 0 Å². The molecule has 1 aromatic rings. The first-order valence-corrected chi connectivity index (χ1v) is 9.08. The third-order valence-electron chi connectivity index (χ3n) is 2.77. The number of hydrogen-bond donors (Lipinski definition) is 0. The van der Waals surface area contributed by atoms with Crippen LogP contribution in [0.1, 0.15) is 29.1 Å². The van der Waals surface area contributed by atoms with Crippen molar-refractivity contribution in [3.63, 3.8) is 0 Å². The van der Waals surface area contributed by atoms with Gasteiger partial charge in [-0.05, 0) is 48.3 Å². The summed E-state index contributed by atoms with van der Waals surface area (Å²) in [5.74, 6) is 0. The summed E-state index contributed by atoms with van der Waals surface area (Å²) in [6.07, 6.45) is 1.28. The maximum Gasteiger partial charge on any atom is 0.154 e. The Bertz CT molecular complexity index is 489. The molecule has 0 fully saturated rings. The van der Waals surface area contributed by atoms with Crippen molar-refractivity contribution in [1.82, 2.24) is 0 Å². The second kappa shape index (κ2) is 4.71. The summed E-state index contributed by atoms with van der Waals surface area (Å²) >= 11 is 8.55. The molecule has 0 aliphatic heterocycles. The van der Waals surface area contributed by atoms with Crippen molar-refractivity contribution in [2.75, 3.05) is 6.26 Å². The third kappa shape index (κ3) is 2.71. The van der Waals surface area contributed by atoms with Crippen molar-refractivity contribution in [1.29, 1.82) is 0 Å². The number of aryl methyl sites for hydroxylation is 1. The first-order chi connectivity index (χ1) is 7.07. The molecule has 2 nitrogen and oxygen atoms in total. The second-order valence-electron chi connectivity index (χ2n) is 4.30. The Morgan fingerprint density at radius 1 is 1.44 bits per heavy atom. The molecular formula is C10H14Br2O2S2. The van der Waals surface area contributed by atoms with Gasteiger partial charge in [0, 0.05) is 11.1 Å². The molecule has 0 aromatic carbocycles. The van der Waals surface area contributed by atoms with Crippen molar-refractivity contribution in [3.05, 3.63) is 20.3 Å². The van der Waals surface area contributed by atoms with Crippen LogP contribution < -0.4 is 0 Å². The molecule has 1 aromatic heterocycles. The summed E-state index contributed by atoms with van der Waals surface area (Å²) in [7, 11) is -3.11. The van der Waals surface area contributed by atoms with Gasteiger partial charge in [-0.15, -0.1) is 11.3 Å². The van der Waals surface area contributed by atoms with E-state index in [2.05, 4.69) is 31.9 Å². The maximum absolute atomic E-state index is 11.7. The molecule has 0 aliphatic carbocycles. The molecule has 0 saturated heterocycles. The molecule has 0 saturated carbocycles. The fourth-order valence-electron chi connectivity index (χ4n) is 1.27. The van der Waals surface area contributed by atoms with Crippen LogP contribution >= 0.6 is 43.2 Å². The molecule has 0 spiro atoms. The van der Waals surface area contributed by atoms with Gasteiger partial charge >= 0.3 is 0 Å². The van der Waals surface area contributed by atoms with E-state index in [1.807, 2.05) is 13.0 Å². The molecule has 1 unspecified atom stereocenters. The summed E-state index contributed by atoms with van der Waals surface area (Å²) in [4.78, 5) is 0.933. The molecule has 0 N–H and O–H groups in total. The third-order valence-corrected chi connectivity index (χ3v) is 8.42. The Morgan fingerprint density at radius 2 is 1.94 bits per heavy atom. The molecule has 0 radical (unpaired) electrons. The molecule has 1 heterocycles. The zero-order valence-corrected chi connectivity index (χ0v) is 14.3. The van der Waals surface area contributed by atoms with Gasteiger partial charge in [0.15, 0.2) is 9.84 Å². The van der Waals surface area contributed by atoms with Gasteiger partial charge in [0.25, 0.3) is 0 Å². The average molecular weight is 390 g/mol. The van der Waals surface area contributed by atoms with Crippen molar-refractivity contribution < 1.29 is 8.42 Å². The minimum atomic E-state index is -3.11. The van der Waals surface area contributed by atoms with Crippen LogP contribution in [0.2, 0.25) is 0 Å². The van der Waals surface area contributed by atoms with Crippen LogP contribution in [0.4, 0.5) is 0 Å². The van der Waals surface area contributed by atoms with Gasteiger partial charge in [0.1, 0.15) is 0 Å². The van der Waals surface area contributed by atoms with E-state index in [1.54, 1.807) is 25.2 Å². The minimum absolute atomic E-state index is 0.197. The number of thiophene rings is 1. The van der Waals surface area contributed by atoms with Crippen molar-refractivity contribution >= 4 is 53.0 Å². The highest BCUT2D eigenvalue weighted by Crippen LogP contribution is 2.43. The molecule has 92 valence electrons. The normalized spacial score (nSPS) is 15.1. The predicted molar refractivity (Wildman–Crippen MR) is 77.3 cm³/mol. The minimum Gasteiger partial charge on any atom is -0.229 e. The highest BCUT2D eigenvalue weighted by atomic mass is 79.9. The SMILES string of the molecule is Cc1sc(Br)cc1C(Br)C(C)(C)S(C)(=O)=O. The fourth-order valence-corrected chi connectivity index (χ4v) is 5.17. The first-order valence-electron chi connectivity index (χ1n) is 4.67.